The van der Waals surface area contributed by atoms with Gasteiger partial charge in [-0.05, 0) is 0 Å². The first-order valence-electron chi connectivity index (χ1n) is 1.34. The largest absolute Gasteiger partial charge is 0.395 e. The third kappa shape index (κ3) is 4.27. The molecule has 0 aliphatic heterocycles. The zero-order chi connectivity index (χ0) is 4.12. The van der Waals surface area contributed by atoms with Crippen LogP contribution in [-0.4, -0.2) is 17.5 Å². The zero-order valence-electron chi connectivity index (χ0n) is 2.85. The summed E-state index contributed by atoms with van der Waals surface area (Å²) in [4.78, 5) is 0. The average molecular weight is 93.2 g/mol. The molecule has 0 saturated carbocycles. The second-order valence-electron chi connectivity index (χ2n) is 0.594. The Labute approximate surface area is 35.5 Å². The molecule has 0 radical (unpaired) electrons. The topological polar surface area (TPSA) is 46.2 Å². The van der Waals surface area contributed by atoms with E-state index in [4.69, 9.17) is 10.2 Å². The molecule has 2 nitrogen and oxygen atoms in total. The highest BCUT2D eigenvalue weighted by Crippen LogP contribution is 1.77. The van der Waals surface area contributed by atoms with Gasteiger partial charge in [0.1, 0.15) is 0 Å². The summed E-state index contributed by atoms with van der Waals surface area (Å²) >= 11 is 1.15. The van der Waals surface area contributed by atoms with Gasteiger partial charge < -0.3 is 5.11 Å². The smallest absolute Gasteiger partial charge is 0.0534 e. The number of hydrogen-bond donors (Lipinski definition) is 2. The Morgan fingerprint density at radius 1 is 1.80 bits per heavy atom. The van der Waals surface area contributed by atoms with Crippen molar-refractivity contribution in [2.24, 2.45) is 5.14 Å². The third-order valence-corrected chi connectivity index (χ3v) is 0.627. The molecule has 3 N–H and O–H groups in total. The molecule has 0 bridgehead atoms. The predicted molar refractivity (Wildman–Crippen MR) is 23.7 cm³/mol. The highest BCUT2D eigenvalue weighted by atomic mass is 32.2. The van der Waals surface area contributed by atoms with Gasteiger partial charge in [0.15, 0.2) is 0 Å². The number of aliphatic hydroxyl groups is 1. The second-order valence-corrected chi connectivity index (χ2v) is 1.34. The Hall–Kier alpha value is 0.270. The maximum atomic E-state index is 7.97. The van der Waals surface area contributed by atoms with Gasteiger partial charge in [0.25, 0.3) is 0 Å². The van der Waals surface area contributed by atoms with Crippen LogP contribution in [0.1, 0.15) is 0 Å². The van der Waals surface area contributed by atoms with Crippen LogP contribution in [0.25, 0.3) is 0 Å². The van der Waals surface area contributed by atoms with Crippen LogP contribution in [0.3, 0.4) is 0 Å². The van der Waals surface area contributed by atoms with E-state index in [9.17, 15) is 0 Å². The number of aliphatic hydroxyl groups excluding tert-OH is 1. The van der Waals surface area contributed by atoms with Crippen molar-refractivity contribution in [1.29, 1.82) is 0 Å². The molecule has 0 unspecified atom stereocenters. The highest BCUT2D eigenvalue weighted by Gasteiger charge is 1.69. The van der Waals surface area contributed by atoms with Crippen LogP contribution in [0.5, 0.6) is 0 Å². The number of nitrogens with two attached hydrogens (primary N) is 1. The van der Waals surface area contributed by atoms with E-state index in [2.05, 4.69) is 0 Å². The molecule has 0 aromatic rings. The summed E-state index contributed by atoms with van der Waals surface area (Å²) in [5.41, 5.74) is 0. The molecule has 0 heterocycles. The van der Waals surface area contributed by atoms with E-state index in [1.54, 1.807) is 0 Å². The minimum atomic E-state index is 0.182. The Bertz CT molecular complexity index is 17.1. The van der Waals surface area contributed by atoms with Crippen molar-refractivity contribution >= 4 is 11.9 Å². The van der Waals surface area contributed by atoms with E-state index in [-0.39, 0.29) is 6.61 Å². The first-order valence-corrected chi connectivity index (χ1v) is 2.39. The fourth-order valence-electron chi connectivity index (χ4n) is 0.0527. The minimum absolute atomic E-state index is 0.182. The fraction of sp³-hybridized carbons (Fsp3) is 1.00. The second kappa shape index (κ2) is 4.27. The van der Waals surface area contributed by atoms with Crippen molar-refractivity contribution in [2.75, 3.05) is 12.4 Å². The Morgan fingerprint density at radius 3 is 2.40 bits per heavy atom. The lowest BCUT2D eigenvalue weighted by atomic mass is 10.9. The maximum Gasteiger partial charge on any atom is 0.0534 e. The molecule has 32 valence electrons. The molecule has 0 aromatic heterocycles. The van der Waals surface area contributed by atoms with E-state index in [0.717, 1.165) is 11.9 Å². The summed E-state index contributed by atoms with van der Waals surface area (Å²) in [6, 6.07) is 0. The van der Waals surface area contributed by atoms with Crippen molar-refractivity contribution in [3.63, 3.8) is 0 Å². The molecule has 0 amide bonds. The van der Waals surface area contributed by atoms with Crippen molar-refractivity contribution in [2.45, 2.75) is 0 Å². The van der Waals surface area contributed by atoms with Crippen LogP contribution >= 0.6 is 11.9 Å². The molecular weight excluding hydrogens is 86.1 g/mol. The van der Waals surface area contributed by atoms with Gasteiger partial charge in [-0.15, -0.1) is 0 Å². The van der Waals surface area contributed by atoms with Crippen LogP contribution in [-0.2, 0) is 0 Å². The SMILES string of the molecule is NSCCO. The normalized spacial score (nSPS) is 8.40. The van der Waals surface area contributed by atoms with Crippen LogP contribution in [0.15, 0.2) is 0 Å². The standard InChI is InChI=1S/C2H7NOS/c3-5-2-1-4/h4H,1-3H2. The summed E-state index contributed by atoms with van der Waals surface area (Å²) in [6.45, 7) is 0.182. The molecule has 0 spiro atoms. The number of rotatable bonds is 2. The molecule has 0 aromatic carbocycles. The van der Waals surface area contributed by atoms with Crippen LogP contribution in [0, 0.1) is 0 Å². The lowest BCUT2D eigenvalue weighted by molar-refractivity contribution is 0.322. The van der Waals surface area contributed by atoms with Gasteiger partial charge in [0.05, 0.1) is 6.61 Å². The average Bonchev–Trinajstić information content (AvgIpc) is 1.41. The van der Waals surface area contributed by atoms with Crippen LogP contribution in [0.4, 0.5) is 0 Å². The summed E-state index contributed by atoms with van der Waals surface area (Å²) in [7, 11) is 0. The number of hydrogen-bond acceptors (Lipinski definition) is 3. The van der Waals surface area contributed by atoms with Crippen molar-refractivity contribution in [3.8, 4) is 0 Å². The zero-order valence-corrected chi connectivity index (χ0v) is 3.66. The van der Waals surface area contributed by atoms with Gasteiger partial charge in [-0.2, -0.15) is 0 Å². The lowest BCUT2D eigenvalue weighted by Crippen LogP contribution is -1.88. The van der Waals surface area contributed by atoms with Gasteiger partial charge in [-0.1, -0.05) is 11.9 Å². The van der Waals surface area contributed by atoms with Gasteiger partial charge >= 0.3 is 0 Å². The first-order chi connectivity index (χ1) is 2.41. The molecule has 0 rings (SSSR count). The van der Waals surface area contributed by atoms with E-state index in [0.29, 0.717) is 5.75 Å². The van der Waals surface area contributed by atoms with E-state index in [1.807, 2.05) is 0 Å². The molecule has 5 heavy (non-hydrogen) atoms. The summed E-state index contributed by atoms with van der Waals surface area (Å²) in [6.07, 6.45) is 0. The lowest BCUT2D eigenvalue weighted by Gasteiger charge is -1.80. The Morgan fingerprint density at radius 2 is 2.40 bits per heavy atom. The van der Waals surface area contributed by atoms with E-state index in [1.165, 1.54) is 0 Å². The summed E-state index contributed by atoms with van der Waals surface area (Å²) in [5, 5.41) is 12.9. The monoisotopic (exact) mass is 93.0 g/mol. The van der Waals surface area contributed by atoms with E-state index < -0.39 is 0 Å². The summed E-state index contributed by atoms with van der Waals surface area (Å²) < 4.78 is 0. The third-order valence-electron chi connectivity index (χ3n) is 0.209. The van der Waals surface area contributed by atoms with Gasteiger partial charge in [0.2, 0.25) is 0 Å². The molecule has 0 aliphatic carbocycles. The molecule has 0 atom stereocenters. The molecule has 0 aliphatic rings. The van der Waals surface area contributed by atoms with E-state index >= 15 is 0 Å². The van der Waals surface area contributed by atoms with Gasteiger partial charge in [-0.25, -0.2) is 0 Å². The quantitative estimate of drug-likeness (QED) is 0.456. The molecule has 0 fully saturated rings. The van der Waals surface area contributed by atoms with Crippen molar-refractivity contribution < 1.29 is 5.11 Å². The minimum Gasteiger partial charge on any atom is -0.395 e. The van der Waals surface area contributed by atoms with Crippen molar-refractivity contribution in [3.05, 3.63) is 0 Å². The molecule has 0 saturated heterocycles. The van der Waals surface area contributed by atoms with Crippen LogP contribution < -0.4 is 5.14 Å². The van der Waals surface area contributed by atoms with Gasteiger partial charge in [-0.3, -0.25) is 5.14 Å². The predicted octanol–water partition coefficient (Wildman–Crippen LogP) is -0.414. The summed E-state index contributed by atoms with van der Waals surface area (Å²) in [5.74, 6) is 0.639. The van der Waals surface area contributed by atoms with Gasteiger partial charge in [0, 0.05) is 5.75 Å². The van der Waals surface area contributed by atoms with Crippen LogP contribution in [0.2, 0.25) is 0 Å². The Balaban J connectivity index is 2.19. The first kappa shape index (κ1) is 5.27. The fourth-order valence-corrected chi connectivity index (χ4v) is 0.158. The highest BCUT2D eigenvalue weighted by molar-refractivity contribution is 7.97. The van der Waals surface area contributed by atoms with Crippen molar-refractivity contribution in [1.82, 2.24) is 0 Å². The molecule has 3 heteroatoms. The maximum absolute atomic E-state index is 7.97. The Kier molecular flexibility index (Phi) is 4.50. The molecular formula is C2H7NOS.